The van der Waals surface area contributed by atoms with Crippen molar-refractivity contribution in [2.45, 2.75) is 147 Å². The monoisotopic (exact) mass is 1270 g/mol. The zero-order valence-electron chi connectivity index (χ0n) is 54.3. The van der Waals surface area contributed by atoms with Crippen LogP contribution in [0.1, 0.15) is 134 Å². The van der Waals surface area contributed by atoms with E-state index in [1.165, 1.54) is 13.8 Å². The number of aliphatic carboxylic acids is 2. The van der Waals surface area contributed by atoms with Crippen LogP contribution in [0.4, 0.5) is 0 Å². The molecule has 8 N–H and O–H groups in total. The van der Waals surface area contributed by atoms with Gasteiger partial charge in [0.15, 0.2) is 11.6 Å². The highest BCUT2D eigenvalue weighted by atomic mass is 16.5. The summed E-state index contributed by atoms with van der Waals surface area (Å²) in [5.41, 5.74) is -1.13. The first kappa shape index (κ1) is 86.3. The second kappa shape index (κ2) is 53.0. The number of ketones is 4. The van der Waals surface area contributed by atoms with Crippen LogP contribution in [0.5, 0.6) is 0 Å². The van der Waals surface area contributed by atoms with E-state index in [1.807, 2.05) is 69.2 Å². The molecular formula is C59H106N6O23. The number of nitrogens with one attached hydrogen (secondary N) is 6. The van der Waals surface area contributed by atoms with Crippen LogP contribution in [0.15, 0.2) is 0 Å². The lowest BCUT2D eigenvalue weighted by molar-refractivity contribution is -0.142. The molecule has 0 aliphatic rings. The second-order valence-electron chi connectivity index (χ2n) is 22.7. The van der Waals surface area contributed by atoms with Crippen LogP contribution in [0.3, 0.4) is 0 Å². The molecule has 0 spiro atoms. The van der Waals surface area contributed by atoms with Crippen molar-refractivity contribution in [2.24, 2.45) is 16.2 Å². The molecule has 0 heterocycles. The molecule has 0 aliphatic carbocycles. The zero-order chi connectivity index (χ0) is 67.4. The molecule has 0 aromatic rings. The van der Waals surface area contributed by atoms with E-state index in [0.29, 0.717) is 85.2 Å². The summed E-state index contributed by atoms with van der Waals surface area (Å²) in [6.45, 7) is 26.1. The molecule has 510 valence electrons. The zero-order valence-corrected chi connectivity index (χ0v) is 54.3. The first-order chi connectivity index (χ1) is 41.2. The molecule has 0 aromatic heterocycles. The molecule has 0 saturated heterocycles. The molecule has 0 saturated carbocycles. The van der Waals surface area contributed by atoms with Gasteiger partial charge in [-0.15, -0.1) is 0 Å². The lowest BCUT2D eigenvalue weighted by atomic mass is 9.89. The molecule has 0 bridgehead atoms. The molecular weight excluding hydrogens is 1160 g/mol. The van der Waals surface area contributed by atoms with Gasteiger partial charge in [-0.05, 0) is 19.3 Å². The van der Waals surface area contributed by atoms with Crippen LogP contribution in [0.25, 0.3) is 0 Å². The van der Waals surface area contributed by atoms with Crippen LogP contribution in [-0.4, -0.2) is 238 Å². The number of rotatable bonds is 50. The molecule has 0 rings (SSSR count). The van der Waals surface area contributed by atoms with Gasteiger partial charge in [-0.25, -0.2) is 9.59 Å². The highest BCUT2D eigenvalue weighted by molar-refractivity contribution is 5.86. The normalized spacial score (nSPS) is 11.9. The third-order valence-electron chi connectivity index (χ3n) is 11.5. The SMILES string of the molecule is CC(=O)N[C@@H](CCC(=O)NCCOCCOCC(=O)NCCOCCOCC(=O)C(C)(C)C)C(=O)O.CC(=O)N[C@@H](CCC(=O)NCCOCCOCC(=O)NCCOCCOCC(=O)C(C)(C)C)C(=O)O.CCC(=O)CCCOCCC(=O)C(C)(C)C. The molecule has 6 amide bonds. The fourth-order valence-corrected chi connectivity index (χ4v) is 6.05. The summed E-state index contributed by atoms with van der Waals surface area (Å²) in [7, 11) is 0. The van der Waals surface area contributed by atoms with Crippen LogP contribution in [-0.2, 0) is 100 Å². The second-order valence-corrected chi connectivity index (χ2v) is 22.7. The number of Topliss-reactive ketones (excluding diaryl/α,β-unsaturated/α-hetero) is 4. The fourth-order valence-electron chi connectivity index (χ4n) is 6.05. The number of carbonyl (C=O) groups excluding carboxylic acids is 10. The average molecular weight is 1270 g/mol. The van der Waals surface area contributed by atoms with Gasteiger partial charge in [0.1, 0.15) is 50.1 Å². The Kier molecular flexibility index (Phi) is 51.9. The van der Waals surface area contributed by atoms with Crippen molar-refractivity contribution < 1.29 is 110 Å². The summed E-state index contributed by atoms with van der Waals surface area (Å²) in [6.07, 6.45) is 2.28. The third-order valence-corrected chi connectivity index (χ3v) is 11.5. The van der Waals surface area contributed by atoms with E-state index in [1.54, 1.807) is 0 Å². The van der Waals surface area contributed by atoms with E-state index in [0.717, 1.165) is 6.42 Å². The molecule has 0 unspecified atom stereocenters. The van der Waals surface area contributed by atoms with Crippen LogP contribution in [0.2, 0.25) is 0 Å². The van der Waals surface area contributed by atoms with Crippen LogP contribution >= 0.6 is 0 Å². The van der Waals surface area contributed by atoms with Gasteiger partial charge in [0.05, 0.1) is 85.9 Å². The minimum atomic E-state index is -1.20. The van der Waals surface area contributed by atoms with Gasteiger partial charge >= 0.3 is 11.9 Å². The summed E-state index contributed by atoms with van der Waals surface area (Å²) in [5, 5.41) is 33.0. The molecule has 29 heteroatoms. The summed E-state index contributed by atoms with van der Waals surface area (Å²) in [4.78, 5) is 137. The molecule has 29 nitrogen and oxygen atoms in total. The van der Waals surface area contributed by atoms with Gasteiger partial charge in [0.25, 0.3) is 0 Å². The van der Waals surface area contributed by atoms with Crippen LogP contribution < -0.4 is 31.9 Å². The molecule has 0 fully saturated rings. The van der Waals surface area contributed by atoms with Crippen molar-refractivity contribution in [3.8, 4) is 0 Å². The van der Waals surface area contributed by atoms with Crippen LogP contribution in [0, 0.1) is 16.2 Å². The Morgan fingerprint density at radius 1 is 0.352 bits per heavy atom. The van der Waals surface area contributed by atoms with E-state index in [4.69, 9.17) is 52.8 Å². The third kappa shape index (κ3) is 57.8. The number of carbonyl (C=O) groups is 12. The summed E-state index contributed by atoms with van der Waals surface area (Å²) in [5.74, 6) is -4.11. The number of carboxylic acids is 2. The van der Waals surface area contributed by atoms with Crippen molar-refractivity contribution in [1.82, 2.24) is 31.9 Å². The standard InChI is InChI=1S/2C23H41N3O10.C13H24O3/c2*1-17(27)26-18(22(31)32)5-6-20(29)24-7-9-33-12-14-36-16-21(30)25-8-10-34-11-13-35-15-19(28)23(2,3)4;1-5-11(14)7-6-9-16-10-8-12(15)13(2,3)4/h2*18H,5-16H2,1-4H3,(H,24,29)(H,25,30)(H,26,27)(H,31,32);5-10H2,1-4H3/t2*18-;/m00./s1. The van der Waals surface area contributed by atoms with Crippen molar-refractivity contribution in [1.29, 1.82) is 0 Å². The number of hydrogen-bond acceptors (Lipinski definition) is 21. The first-order valence-corrected chi connectivity index (χ1v) is 29.6. The summed E-state index contributed by atoms with van der Waals surface area (Å²) >= 11 is 0. The molecule has 88 heavy (non-hydrogen) atoms. The maximum absolute atomic E-state index is 11.7. The molecule has 0 radical (unpaired) electrons. The quantitative estimate of drug-likeness (QED) is 0.0398. The number of carboxylic acid groups (broad SMARTS) is 2. The van der Waals surface area contributed by atoms with E-state index >= 15 is 0 Å². The van der Waals surface area contributed by atoms with Gasteiger partial charge in [-0.3, -0.25) is 47.9 Å². The lowest BCUT2D eigenvalue weighted by Crippen LogP contribution is -2.40. The Bertz CT molecular complexity index is 1920. The number of hydrogen-bond donors (Lipinski definition) is 8. The Hall–Kier alpha value is -5.92. The highest BCUT2D eigenvalue weighted by Crippen LogP contribution is 2.17. The molecule has 0 aliphatic heterocycles. The fraction of sp³-hybridized carbons (Fsp3) is 0.797. The lowest BCUT2D eigenvalue weighted by Gasteiger charge is -2.16. The topological polar surface area (TPSA) is 401 Å². The Balaban J connectivity index is -0.00000132. The summed E-state index contributed by atoms with van der Waals surface area (Å²) in [6, 6.07) is -2.22. The maximum Gasteiger partial charge on any atom is 0.326 e. The van der Waals surface area contributed by atoms with E-state index < -0.39 is 46.7 Å². The summed E-state index contributed by atoms with van der Waals surface area (Å²) < 4.78 is 47.4. The smallest absolute Gasteiger partial charge is 0.326 e. The Morgan fingerprint density at radius 2 is 0.648 bits per heavy atom. The van der Waals surface area contributed by atoms with Crippen molar-refractivity contribution >= 4 is 70.5 Å². The van der Waals surface area contributed by atoms with Gasteiger partial charge in [-0.1, -0.05) is 69.2 Å². The Labute approximate surface area is 519 Å². The van der Waals surface area contributed by atoms with Gasteiger partial charge in [0.2, 0.25) is 35.4 Å². The minimum Gasteiger partial charge on any atom is -0.480 e. The van der Waals surface area contributed by atoms with Gasteiger partial charge in [-0.2, -0.15) is 0 Å². The molecule has 0 aromatic carbocycles. The number of amides is 6. The van der Waals surface area contributed by atoms with E-state index in [-0.39, 0.29) is 157 Å². The first-order valence-electron chi connectivity index (χ1n) is 29.6. The van der Waals surface area contributed by atoms with Crippen molar-refractivity contribution in [3.63, 3.8) is 0 Å². The van der Waals surface area contributed by atoms with Gasteiger partial charge in [0, 0.05) is 95.0 Å². The Morgan fingerprint density at radius 3 is 0.943 bits per heavy atom. The van der Waals surface area contributed by atoms with Gasteiger partial charge < -0.3 is 84.7 Å². The van der Waals surface area contributed by atoms with Crippen molar-refractivity contribution in [3.05, 3.63) is 0 Å². The highest BCUT2D eigenvalue weighted by Gasteiger charge is 2.24. The maximum atomic E-state index is 11.7. The largest absolute Gasteiger partial charge is 0.480 e. The average Bonchev–Trinajstić information content (AvgIpc) is 3.45. The molecule has 2 atom stereocenters. The van der Waals surface area contributed by atoms with E-state index in [2.05, 4.69) is 31.9 Å². The predicted octanol–water partition coefficient (Wildman–Crippen LogP) is 1.31. The predicted molar refractivity (Wildman–Crippen MR) is 321 cm³/mol. The van der Waals surface area contributed by atoms with E-state index in [9.17, 15) is 57.5 Å². The number of ether oxygens (including phenoxy) is 9. The van der Waals surface area contributed by atoms with Crippen molar-refractivity contribution in [2.75, 3.05) is 145 Å². The minimum absolute atomic E-state index is 0.0160.